The Bertz CT molecular complexity index is 2100. The predicted octanol–water partition coefficient (Wildman–Crippen LogP) is 6.61. The molecule has 5 rings (SSSR count). The summed E-state index contributed by atoms with van der Waals surface area (Å²) in [5.41, 5.74) is 3.24. The smallest absolute Gasteiger partial charge is 0.364 e. The zero-order chi connectivity index (χ0) is 35.1. The van der Waals surface area contributed by atoms with E-state index in [0.717, 1.165) is 29.1 Å². The van der Waals surface area contributed by atoms with Gasteiger partial charge < -0.3 is 10.2 Å². The first-order valence-electron chi connectivity index (χ1n) is 15.1. The highest BCUT2D eigenvalue weighted by atomic mass is 32.2. The minimum absolute atomic E-state index is 0.0956. The van der Waals surface area contributed by atoms with Crippen LogP contribution in [-0.4, -0.2) is 57.3 Å². The fourth-order valence-corrected chi connectivity index (χ4v) is 9.67. The summed E-state index contributed by atoms with van der Waals surface area (Å²) < 4.78 is 74.0. The number of phosphoric ester groups is 1. The predicted molar refractivity (Wildman–Crippen MR) is 182 cm³/mol. The van der Waals surface area contributed by atoms with Crippen molar-refractivity contribution in [3.05, 3.63) is 97.1 Å². The summed E-state index contributed by atoms with van der Waals surface area (Å²) in [6.45, 7) is 3.65. The normalized spacial score (nSPS) is 13.4. The van der Waals surface area contributed by atoms with Gasteiger partial charge in [0.2, 0.25) is 0 Å². The Morgan fingerprint density at radius 2 is 1.55 bits per heavy atom. The molecule has 0 aliphatic heterocycles. The lowest BCUT2D eigenvalue weighted by Crippen LogP contribution is -2.30. The van der Waals surface area contributed by atoms with Crippen molar-refractivity contribution in [1.29, 1.82) is 0 Å². The summed E-state index contributed by atoms with van der Waals surface area (Å²) in [6, 6.07) is 22.0. The quantitative estimate of drug-likeness (QED) is 0.0815. The summed E-state index contributed by atoms with van der Waals surface area (Å²) in [5.74, 6) is 0.539. The highest BCUT2D eigenvalue weighted by molar-refractivity contribution is 7.94. The second-order valence-electron chi connectivity index (χ2n) is 10.0. The van der Waals surface area contributed by atoms with Crippen LogP contribution in [0.15, 0.2) is 96.3 Å². The van der Waals surface area contributed by atoms with Gasteiger partial charge in [0.15, 0.2) is 5.82 Å². The van der Waals surface area contributed by atoms with Crippen molar-refractivity contribution in [3.8, 4) is 22.5 Å². The van der Waals surface area contributed by atoms with Gasteiger partial charge in [-0.15, -0.1) is 0 Å². The van der Waals surface area contributed by atoms with E-state index in [1.807, 2.05) is 60.7 Å². The molecular weight excluding hydrogens is 694 g/mol. The number of rotatable bonds is 16. The van der Waals surface area contributed by atoms with E-state index in [-0.39, 0.29) is 35.4 Å². The van der Waals surface area contributed by atoms with Crippen LogP contribution in [0.5, 0.6) is 0 Å². The third kappa shape index (κ3) is 8.44. The molecule has 2 aromatic carbocycles. The second-order valence-corrected chi connectivity index (χ2v) is 15.2. The average Bonchev–Trinajstić information content (AvgIpc) is 3.10. The van der Waals surface area contributed by atoms with E-state index in [9.17, 15) is 22.4 Å². The summed E-state index contributed by atoms with van der Waals surface area (Å²) in [4.78, 5) is 27.6. The molecule has 0 saturated heterocycles. The first-order valence-corrected chi connectivity index (χ1v) is 19.5. The minimum Gasteiger partial charge on any atom is -0.364 e. The molecule has 1 unspecified atom stereocenters. The number of fused-ring (bicyclic) bond motifs is 1. The van der Waals surface area contributed by atoms with Crippen molar-refractivity contribution in [2.45, 2.75) is 32.2 Å². The van der Waals surface area contributed by atoms with Gasteiger partial charge in [0, 0.05) is 28.4 Å². The molecule has 3 aromatic heterocycles. The number of sulfonamides is 1. The van der Waals surface area contributed by atoms with Gasteiger partial charge in [-0.05, 0) is 56.2 Å². The zero-order valence-corrected chi connectivity index (χ0v) is 29.3. The standard InChI is InChI=1S/C31H34N6O9P2S/c1-4-43-47(38,44-5-2)37(46-48(39,40)45-6-3)49(41,42)26-19-24(20-32-22-26)30-35-28-17-12-16-27(23-13-8-7-9-14-23)29(28)31(36-30)34-21-25-15-10-11-18-33-25/h7-20,22H,4-6,21H2,1-3H3,(H,39,40)(H,34,35,36). The van der Waals surface area contributed by atoms with Gasteiger partial charge in [0.05, 0.1) is 43.0 Å². The summed E-state index contributed by atoms with van der Waals surface area (Å²) in [7, 11) is -15.1. The highest BCUT2D eigenvalue weighted by Gasteiger charge is 2.49. The van der Waals surface area contributed by atoms with Crippen molar-refractivity contribution in [2.75, 3.05) is 25.1 Å². The van der Waals surface area contributed by atoms with Crippen molar-refractivity contribution in [1.82, 2.24) is 24.2 Å². The molecule has 0 aliphatic rings. The van der Waals surface area contributed by atoms with Gasteiger partial charge in [0.25, 0.3) is 10.0 Å². The lowest BCUT2D eigenvalue weighted by atomic mass is 10.0. The molecule has 1 atom stereocenters. The number of aromatic nitrogens is 4. The largest absolute Gasteiger partial charge is 0.490 e. The average molecular weight is 729 g/mol. The van der Waals surface area contributed by atoms with Crippen LogP contribution in [0, 0.1) is 0 Å². The van der Waals surface area contributed by atoms with Crippen LogP contribution in [0.4, 0.5) is 5.82 Å². The Kier molecular flexibility index (Phi) is 11.7. The lowest BCUT2D eigenvalue weighted by Gasteiger charge is -2.28. The summed E-state index contributed by atoms with van der Waals surface area (Å²) in [5, 5.41) is 4.07. The molecule has 15 nitrogen and oxygen atoms in total. The van der Waals surface area contributed by atoms with E-state index >= 15 is 0 Å². The molecule has 0 saturated carbocycles. The van der Waals surface area contributed by atoms with Gasteiger partial charge in [-0.25, -0.2) is 27.5 Å². The topological polar surface area (TPSA) is 192 Å². The van der Waals surface area contributed by atoms with Crippen molar-refractivity contribution in [2.24, 2.45) is 0 Å². The number of benzene rings is 2. The molecule has 0 bridgehead atoms. The van der Waals surface area contributed by atoms with Crippen LogP contribution in [-0.2, 0) is 43.9 Å². The second kappa shape index (κ2) is 15.7. The van der Waals surface area contributed by atoms with E-state index in [1.54, 1.807) is 12.3 Å². The van der Waals surface area contributed by atoms with Crippen LogP contribution in [0.25, 0.3) is 33.4 Å². The summed E-state index contributed by atoms with van der Waals surface area (Å²) >= 11 is 0. The van der Waals surface area contributed by atoms with Gasteiger partial charge in [-0.1, -0.05) is 48.5 Å². The first kappa shape index (κ1) is 36.3. The number of nitrogens with zero attached hydrogens (tertiary/aromatic N) is 5. The van der Waals surface area contributed by atoms with Crippen LogP contribution < -0.4 is 5.32 Å². The number of anilines is 1. The Balaban J connectivity index is 1.64. The molecule has 0 amide bonds. The van der Waals surface area contributed by atoms with Gasteiger partial charge in [0.1, 0.15) is 10.7 Å². The molecule has 18 heteroatoms. The number of pyridine rings is 2. The van der Waals surface area contributed by atoms with Gasteiger partial charge >= 0.3 is 15.6 Å². The Hall–Kier alpha value is -3.95. The Labute approximate surface area is 283 Å². The van der Waals surface area contributed by atoms with Crippen LogP contribution in [0.1, 0.15) is 26.5 Å². The Morgan fingerprint density at radius 1 is 0.837 bits per heavy atom. The first-order chi connectivity index (χ1) is 23.5. The number of hydrogen-bond acceptors (Lipinski definition) is 13. The lowest BCUT2D eigenvalue weighted by molar-refractivity contribution is 0.0206. The van der Waals surface area contributed by atoms with Crippen LogP contribution in [0.2, 0.25) is 0 Å². The zero-order valence-electron chi connectivity index (χ0n) is 26.7. The molecule has 2 N–H and O–H groups in total. The van der Waals surface area contributed by atoms with E-state index in [0.29, 0.717) is 23.3 Å². The van der Waals surface area contributed by atoms with Crippen molar-refractivity contribution in [3.63, 3.8) is 0 Å². The third-order valence-electron chi connectivity index (χ3n) is 6.70. The fourth-order valence-electron chi connectivity index (χ4n) is 4.70. The number of hydrogen-bond donors (Lipinski definition) is 2. The molecule has 49 heavy (non-hydrogen) atoms. The van der Waals surface area contributed by atoms with Gasteiger partial charge in [-0.2, -0.15) is 4.62 Å². The molecule has 0 aliphatic carbocycles. The molecule has 0 fully saturated rings. The van der Waals surface area contributed by atoms with Crippen LogP contribution >= 0.6 is 15.6 Å². The number of phosphoric acid groups is 1. The number of nitrogens with one attached hydrogen (secondary N) is 1. The molecule has 258 valence electrons. The molecular formula is C31H34N6O9P2S. The third-order valence-corrected chi connectivity index (χ3v) is 12.1. The maximum atomic E-state index is 14.0. The fraction of sp³-hybridized carbons (Fsp3) is 0.226. The SMILES string of the molecule is CCOP(=O)(O)ON(P(=O)(OCC)OCC)S(=O)(=O)c1cncc(-c2nc(NCc3ccccn3)c3c(-c4ccccc4)cccc3n2)c1. The molecule has 0 radical (unpaired) electrons. The monoisotopic (exact) mass is 728 g/mol. The van der Waals surface area contributed by atoms with Crippen LogP contribution in [0.3, 0.4) is 0 Å². The van der Waals surface area contributed by atoms with E-state index in [4.69, 9.17) is 23.6 Å². The summed E-state index contributed by atoms with van der Waals surface area (Å²) in [6.07, 6.45) is 3.96. The van der Waals surface area contributed by atoms with E-state index in [1.165, 1.54) is 27.0 Å². The Morgan fingerprint density at radius 3 is 2.22 bits per heavy atom. The maximum absolute atomic E-state index is 14.0. The molecule has 5 aromatic rings. The van der Waals surface area contributed by atoms with E-state index < -0.39 is 30.5 Å². The van der Waals surface area contributed by atoms with Gasteiger partial charge in [-0.3, -0.25) is 23.5 Å². The minimum atomic E-state index is -5.12. The molecule has 3 heterocycles. The van der Waals surface area contributed by atoms with Crippen molar-refractivity contribution >= 4 is 42.3 Å². The van der Waals surface area contributed by atoms with Crippen molar-refractivity contribution < 1.29 is 40.6 Å². The highest BCUT2D eigenvalue weighted by Crippen LogP contribution is 2.60. The van der Waals surface area contributed by atoms with E-state index in [2.05, 4.69) is 19.8 Å². The molecule has 0 spiro atoms. The maximum Gasteiger partial charge on any atom is 0.490 e.